The highest BCUT2D eigenvalue weighted by Gasteiger charge is 2.32. The standard InChI is InChI=1S/C13H22IN3O2/c1-6-13(7-2,19-5)12-16-9(8-18-4)10(14)11(15-3)17-12/h6-8H2,1-5H3,(H,15,16,17). The third kappa shape index (κ3) is 3.35. The number of halogens is 1. The lowest BCUT2D eigenvalue weighted by Gasteiger charge is -2.29. The van der Waals surface area contributed by atoms with Crippen LogP contribution in [-0.2, 0) is 21.7 Å². The summed E-state index contributed by atoms with van der Waals surface area (Å²) in [6.45, 7) is 4.64. The van der Waals surface area contributed by atoms with Crippen molar-refractivity contribution in [2.75, 3.05) is 26.6 Å². The van der Waals surface area contributed by atoms with E-state index in [1.165, 1.54) is 0 Å². The molecule has 0 unspecified atom stereocenters. The Hall–Kier alpha value is -0.470. The first-order valence-electron chi connectivity index (χ1n) is 6.37. The van der Waals surface area contributed by atoms with Crippen molar-refractivity contribution < 1.29 is 9.47 Å². The highest BCUT2D eigenvalue weighted by Crippen LogP contribution is 2.32. The van der Waals surface area contributed by atoms with Gasteiger partial charge in [0, 0.05) is 21.3 Å². The number of nitrogens with zero attached hydrogens (tertiary/aromatic N) is 2. The van der Waals surface area contributed by atoms with E-state index in [1.807, 2.05) is 7.05 Å². The van der Waals surface area contributed by atoms with Crippen molar-refractivity contribution in [3.05, 3.63) is 15.1 Å². The number of nitrogens with one attached hydrogen (secondary N) is 1. The van der Waals surface area contributed by atoms with Gasteiger partial charge in [-0.05, 0) is 35.4 Å². The predicted molar refractivity (Wildman–Crippen MR) is 84.3 cm³/mol. The molecule has 1 aromatic heterocycles. The van der Waals surface area contributed by atoms with E-state index in [1.54, 1.807) is 14.2 Å². The fraction of sp³-hybridized carbons (Fsp3) is 0.692. The van der Waals surface area contributed by atoms with Gasteiger partial charge in [0.15, 0.2) is 5.82 Å². The van der Waals surface area contributed by atoms with E-state index in [0.717, 1.165) is 33.7 Å². The summed E-state index contributed by atoms with van der Waals surface area (Å²) in [5.41, 5.74) is 0.457. The smallest absolute Gasteiger partial charge is 0.162 e. The molecule has 0 aliphatic heterocycles. The molecule has 0 radical (unpaired) electrons. The van der Waals surface area contributed by atoms with Crippen LogP contribution in [0.3, 0.4) is 0 Å². The summed E-state index contributed by atoms with van der Waals surface area (Å²) in [6.07, 6.45) is 1.66. The van der Waals surface area contributed by atoms with Crippen LogP contribution < -0.4 is 5.32 Å². The van der Waals surface area contributed by atoms with Crippen molar-refractivity contribution in [2.24, 2.45) is 0 Å². The molecule has 0 amide bonds. The molecule has 0 saturated carbocycles. The van der Waals surface area contributed by atoms with Crippen LogP contribution in [0.2, 0.25) is 0 Å². The Balaban J connectivity index is 3.38. The van der Waals surface area contributed by atoms with Crippen LogP contribution in [0, 0.1) is 3.57 Å². The zero-order chi connectivity index (χ0) is 14.5. The van der Waals surface area contributed by atoms with Gasteiger partial charge in [-0.1, -0.05) is 13.8 Å². The maximum Gasteiger partial charge on any atom is 0.162 e. The molecule has 0 spiro atoms. The van der Waals surface area contributed by atoms with Crippen LogP contribution in [-0.4, -0.2) is 31.2 Å². The lowest BCUT2D eigenvalue weighted by atomic mass is 9.96. The quantitative estimate of drug-likeness (QED) is 0.739. The summed E-state index contributed by atoms with van der Waals surface area (Å²) in [7, 11) is 5.24. The number of methoxy groups -OCH3 is 2. The first-order chi connectivity index (χ1) is 9.08. The van der Waals surface area contributed by atoms with E-state index in [-0.39, 0.29) is 0 Å². The van der Waals surface area contributed by atoms with E-state index < -0.39 is 5.60 Å². The van der Waals surface area contributed by atoms with Crippen LogP contribution in [0.4, 0.5) is 5.82 Å². The first kappa shape index (κ1) is 16.6. The second-order valence-electron chi connectivity index (χ2n) is 4.25. The third-order valence-corrected chi connectivity index (χ3v) is 4.51. The summed E-state index contributed by atoms with van der Waals surface area (Å²) in [4.78, 5) is 9.26. The molecule has 0 atom stereocenters. The second-order valence-corrected chi connectivity index (χ2v) is 5.32. The van der Waals surface area contributed by atoms with Gasteiger partial charge < -0.3 is 14.8 Å². The highest BCUT2D eigenvalue weighted by molar-refractivity contribution is 14.1. The van der Waals surface area contributed by atoms with Crippen molar-refractivity contribution in [1.29, 1.82) is 0 Å². The van der Waals surface area contributed by atoms with Crippen molar-refractivity contribution in [2.45, 2.75) is 38.9 Å². The lowest BCUT2D eigenvalue weighted by Crippen LogP contribution is -2.30. The predicted octanol–water partition coefficient (Wildman–Crippen LogP) is 2.93. The van der Waals surface area contributed by atoms with Crippen LogP contribution >= 0.6 is 22.6 Å². The Morgan fingerprint density at radius 3 is 2.26 bits per heavy atom. The molecular formula is C13H22IN3O2. The summed E-state index contributed by atoms with van der Waals surface area (Å²) in [6, 6.07) is 0. The van der Waals surface area contributed by atoms with Gasteiger partial charge in [-0.15, -0.1) is 0 Å². The maximum absolute atomic E-state index is 5.70. The Morgan fingerprint density at radius 2 is 1.84 bits per heavy atom. The van der Waals surface area contributed by atoms with E-state index >= 15 is 0 Å². The minimum Gasteiger partial charge on any atom is -0.378 e. The molecule has 6 heteroatoms. The SMILES string of the molecule is CCC(CC)(OC)c1nc(COC)c(I)c(NC)n1. The molecule has 1 heterocycles. The van der Waals surface area contributed by atoms with Gasteiger partial charge in [0.1, 0.15) is 11.4 Å². The molecule has 0 bridgehead atoms. The highest BCUT2D eigenvalue weighted by atomic mass is 127. The molecule has 1 aromatic rings. The Labute approximate surface area is 128 Å². The molecule has 19 heavy (non-hydrogen) atoms. The number of anilines is 1. The van der Waals surface area contributed by atoms with Crippen LogP contribution in [0.15, 0.2) is 0 Å². The fourth-order valence-electron chi connectivity index (χ4n) is 2.04. The average Bonchev–Trinajstić information content (AvgIpc) is 2.44. The van der Waals surface area contributed by atoms with Crippen molar-refractivity contribution in [3.8, 4) is 0 Å². The van der Waals surface area contributed by atoms with E-state index in [9.17, 15) is 0 Å². The van der Waals surface area contributed by atoms with Gasteiger partial charge in [-0.25, -0.2) is 9.97 Å². The zero-order valence-electron chi connectivity index (χ0n) is 12.2. The zero-order valence-corrected chi connectivity index (χ0v) is 14.4. The molecule has 0 aliphatic rings. The van der Waals surface area contributed by atoms with Crippen LogP contribution in [0.25, 0.3) is 0 Å². The van der Waals surface area contributed by atoms with Gasteiger partial charge >= 0.3 is 0 Å². The molecule has 0 aromatic carbocycles. The molecular weight excluding hydrogens is 357 g/mol. The Bertz CT molecular complexity index is 414. The van der Waals surface area contributed by atoms with Crippen LogP contribution in [0.5, 0.6) is 0 Å². The normalized spacial score (nSPS) is 11.7. The van der Waals surface area contributed by atoms with Crippen molar-refractivity contribution in [3.63, 3.8) is 0 Å². The minimum absolute atomic E-state index is 0.432. The topological polar surface area (TPSA) is 56.3 Å². The maximum atomic E-state index is 5.70. The molecule has 0 aliphatic carbocycles. The van der Waals surface area contributed by atoms with E-state index in [2.05, 4.69) is 51.7 Å². The number of aromatic nitrogens is 2. The average molecular weight is 379 g/mol. The Kier molecular flexibility index (Phi) is 6.41. The van der Waals surface area contributed by atoms with Crippen LogP contribution in [0.1, 0.15) is 38.2 Å². The molecule has 1 N–H and O–H groups in total. The molecule has 108 valence electrons. The summed E-state index contributed by atoms with van der Waals surface area (Å²) in [5.74, 6) is 1.54. The summed E-state index contributed by atoms with van der Waals surface area (Å²) in [5, 5.41) is 3.11. The van der Waals surface area contributed by atoms with E-state index in [0.29, 0.717) is 6.61 Å². The van der Waals surface area contributed by atoms with Gasteiger partial charge in [0.05, 0.1) is 15.9 Å². The number of hydrogen-bond donors (Lipinski definition) is 1. The fourth-order valence-corrected chi connectivity index (χ4v) is 2.71. The summed E-state index contributed by atoms with van der Waals surface area (Å²) < 4.78 is 11.9. The van der Waals surface area contributed by atoms with Crippen molar-refractivity contribution in [1.82, 2.24) is 9.97 Å². The number of rotatable bonds is 7. The molecule has 0 saturated heterocycles. The monoisotopic (exact) mass is 379 g/mol. The van der Waals surface area contributed by atoms with Gasteiger partial charge in [0.2, 0.25) is 0 Å². The van der Waals surface area contributed by atoms with E-state index in [4.69, 9.17) is 9.47 Å². The van der Waals surface area contributed by atoms with Gasteiger partial charge in [0.25, 0.3) is 0 Å². The number of hydrogen-bond acceptors (Lipinski definition) is 5. The minimum atomic E-state index is -0.432. The Morgan fingerprint density at radius 1 is 1.21 bits per heavy atom. The third-order valence-electron chi connectivity index (χ3n) is 3.38. The van der Waals surface area contributed by atoms with Crippen molar-refractivity contribution >= 4 is 28.4 Å². The lowest BCUT2D eigenvalue weighted by molar-refractivity contribution is -0.0294. The number of ether oxygens (including phenoxy) is 2. The largest absolute Gasteiger partial charge is 0.378 e. The van der Waals surface area contributed by atoms with Gasteiger partial charge in [-0.3, -0.25) is 0 Å². The summed E-state index contributed by atoms with van der Waals surface area (Å²) >= 11 is 2.24. The first-order valence-corrected chi connectivity index (χ1v) is 7.45. The van der Waals surface area contributed by atoms with Gasteiger partial charge in [-0.2, -0.15) is 0 Å². The second kappa shape index (κ2) is 7.35. The molecule has 1 rings (SSSR count). The molecule has 0 fully saturated rings. The molecule has 5 nitrogen and oxygen atoms in total.